The summed E-state index contributed by atoms with van der Waals surface area (Å²) in [6, 6.07) is 0. The zero-order chi connectivity index (χ0) is 12.1. The Morgan fingerprint density at radius 1 is 1.75 bits per heavy atom. The number of nitrogens with zero attached hydrogens (tertiary/aromatic N) is 2. The van der Waals surface area contributed by atoms with Crippen LogP contribution in [0.4, 0.5) is 0 Å². The van der Waals surface area contributed by atoms with Gasteiger partial charge in [-0.3, -0.25) is 9.48 Å². The second kappa shape index (κ2) is 5.86. The van der Waals surface area contributed by atoms with E-state index in [1.54, 1.807) is 25.0 Å². The van der Waals surface area contributed by atoms with E-state index in [-0.39, 0.29) is 11.3 Å². The highest BCUT2D eigenvalue weighted by Gasteiger charge is 2.13. The Hall–Kier alpha value is -1.07. The molecule has 0 aliphatic carbocycles. The lowest BCUT2D eigenvalue weighted by atomic mass is 10.2. The van der Waals surface area contributed by atoms with E-state index in [9.17, 15) is 4.79 Å². The first kappa shape index (κ1) is 13.0. The molecule has 0 spiro atoms. The molecule has 0 aliphatic rings. The third-order valence-electron chi connectivity index (χ3n) is 2.31. The van der Waals surface area contributed by atoms with Gasteiger partial charge in [0.05, 0.1) is 23.7 Å². The second-order valence-electron chi connectivity index (χ2n) is 3.53. The average molecular weight is 246 g/mol. The van der Waals surface area contributed by atoms with Crippen molar-refractivity contribution in [3.05, 3.63) is 17.5 Å². The summed E-state index contributed by atoms with van der Waals surface area (Å²) >= 11 is 5.90. The summed E-state index contributed by atoms with van der Waals surface area (Å²) in [4.78, 5) is 11.7. The molecule has 0 fully saturated rings. The highest BCUT2D eigenvalue weighted by molar-refractivity contribution is 6.21. The van der Waals surface area contributed by atoms with Crippen molar-refractivity contribution in [2.24, 2.45) is 7.05 Å². The number of aryl methyl sites for hydroxylation is 1. The fourth-order valence-electron chi connectivity index (χ4n) is 1.26. The lowest BCUT2D eigenvalue weighted by Crippen LogP contribution is -2.31. The van der Waals surface area contributed by atoms with E-state index in [4.69, 9.17) is 16.3 Å². The smallest absolute Gasteiger partial charge is 0.254 e. The van der Waals surface area contributed by atoms with E-state index in [1.165, 1.54) is 0 Å². The molecule has 0 saturated carbocycles. The number of amides is 1. The molecule has 0 saturated heterocycles. The van der Waals surface area contributed by atoms with E-state index >= 15 is 0 Å². The molecule has 5 nitrogen and oxygen atoms in total. The minimum atomic E-state index is -0.217. The van der Waals surface area contributed by atoms with Crippen molar-refractivity contribution >= 4 is 17.5 Å². The van der Waals surface area contributed by atoms with Gasteiger partial charge in [-0.2, -0.15) is 5.10 Å². The van der Waals surface area contributed by atoms with Crippen molar-refractivity contribution in [2.45, 2.75) is 12.3 Å². The number of methoxy groups -OCH3 is 1. The van der Waals surface area contributed by atoms with E-state index < -0.39 is 0 Å². The van der Waals surface area contributed by atoms with Crippen LogP contribution in [0.3, 0.4) is 0 Å². The highest BCUT2D eigenvalue weighted by Crippen LogP contribution is 2.05. The summed E-state index contributed by atoms with van der Waals surface area (Å²) in [5, 5.41) is 6.52. The molecule has 6 heteroatoms. The van der Waals surface area contributed by atoms with Gasteiger partial charge in [0.1, 0.15) is 0 Å². The monoisotopic (exact) mass is 245 g/mol. The summed E-state index contributed by atoms with van der Waals surface area (Å²) in [6.45, 7) is 2.63. The van der Waals surface area contributed by atoms with Crippen LogP contribution in [-0.2, 0) is 11.8 Å². The molecule has 0 radical (unpaired) electrons. The molecule has 0 aromatic carbocycles. The maximum Gasteiger partial charge on any atom is 0.254 e. The van der Waals surface area contributed by atoms with Crippen LogP contribution in [0.1, 0.15) is 16.1 Å². The van der Waals surface area contributed by atoms with Crippen LogP contribution in [0.25, 0.3) is 0 Å². The molecular formula is C10H16ClN3O2. The second-order valence-corrected chi connectivity index (χ2v) is 4.15. The van der Waals surface area contributed by atoms with Gasteiger partial charge in [0.2, 0.25) is 0 Å². The number of hydrogen-bond acceptors (Lipinski definition) is 3. The zero-order valence-corrected chi connectivity index (χ0v) is 10.4. The maximum absolute atomic E-state index is 11.7. The maximum atomic E-state index is 11.7. The van der Waals surface area contributed by atoms with E-state index in [0.717, 1.165) is 5.69 Å². The number of alkyl halides is 1. The van der Waals surface area contributed by atoms with Gasteiger partial charge in [-0.1, -0.05) is 0 Å². The molecule has 0 bridgehead atoms. The molecule has 90 valence electrons. The lowest BCUT2D eigenvalue weighted by molar-refractivity contribution is 0.0948. The summed E-state index contributed by atoms with van der Waals surface area (Å²) in [5.74, 6) is -0.160. The van der Waals surface area contributed by atoms with Gasteiger partial charge < -0.3 is 10.1 Å². The van der Waals surface area contributed by atoms with Crippen molar-refractivity contribution in [1.29, 1.82) is 0 Å². The van der Waals surface area contributed by atoms with E-state index in [1.807, 2.05) is 6.92 Å². The topological polar surface area (TPSA) is 56.1 Å². The van der Waals surface area contributed by atoms with Crippen molar-refractivity contribution in [2.75, 3.05) is 20.3 Å². The Kier molecular flexibility index (Phi) is 4.76. The van der Waals surface area contributed by atoms with Gasteiger partial charge in [0.15, 0.2) is 0 Å². The number of hydrogen-bond donors (Lipinski definition) is 1. The first-order chi connectivity index (χ1) is 7.56. The number of ether oxygens (including phenoxy) is 1. The Morgan fingerprint density at radius 2 is 2.44 bits per heavy atom. The number of carbonyl (C=O) groups is 1. The van der Waals surface area contributed by atoms with Crippen LogP contribution in [0, 0.1) is 6.92 Å². The largest absolute Gasteiger partial charge is 0.383 e. The van der Waals surface area contributed by atoms with Gasteiger partial charge in [-0.25, -0.2) is 0 Å². The summed E-state index contributed by atoms with van der Waals surface area (Å²) < 4.78 is 6.52. The SMILES string of the molecule is COCC(Cl)CNC(=O)c1cnn(C)c1C. The van der Waals surface area contributed by atoms with Crippen LogP contribution in [-0.4, -0.2) is 41.3 Å². The van der Waals surface area contributed by atoms with Crippen LogP contribution >= 0.6 is 11.6 Å². The quantitative estimate of drug-likeness (QED) is 0.778. The van der Waals surface area contributed by atoms with Crippen molar-refractivity contribution in [3.63, 3.8) is 0 Å². The van der Waals surface area contributed by atoms with Gasteiger partial charge in [0, 0.05) is 26.4 Å². The van der Waals surface area contributed by atoms with Crippen LogP contribution < -0.4 is 5.32 Å². The molecule has 0 aliphatic heterocycles. The predicted molar refractivity (Wildman–Crippen MR) is 61.8 cm³/mol. The van der Waals surface area contributed by atoms with Crippen molar-refractivity contribution < 1.29 is 9.53 Å². The third kappa shape index (κ3) is 3.21. The Labute approximate surface area is 99.7 Å². The van der Waals surface area contributed by atoms with E-state index in [0.29, 0.717) is 18.7 Å². The number of carbonyl (C=O) groups excluding carboxylic acids is 1. The first-order valence-corrected chi connectivity index (χ1v) is 5.39. The van der Waals surface area contributed by atoms with Crippen LogP contribution in [0.2, 0.25) is 0 Å². The summed E-state index contributed by atoms with van der Waals surface area (Å²) in [7, 11) is 3.36. The Bertz CT molecular complexity index is 365. The Balaban J connectivity index is 2.50. The summed E-state index contributed by atoms with van der Waals surface area (Å²) in [6.07, 6.45) is 1.55. The molecule has 1 unspecified atom stereocenters. The lowest BCUT2D eigenvalue weighted by Gasteiger charge is -2.09. The predicted octanol–water partition coefficient (Wildman–Crippen LogP) is 0.712. The van der Waals surface area contributed by atoms with Gasteiger partial charge in [-0.15, -0.1) is 11.6 Å². The zero-order valence-electron chi connectivity index (χ0n) is 9.66. The first-order valence-electron chi connectivity index (χ1n) is 4.96. The minimum absolute atomic E-state index is 0.160. The minimum Gasteiger partial charge on any atom is -0.383 e. The molecule has 1 N–H and O–H groups in total. The standard InChI is InChI=1S/C10H16ClN3O2/c1-7-9(5-13-14(7)2)10(15)12-4-8(11)6-16-3/h5,8H,4,6H2,1-3H3,(H,12,15). The van der Waals surface area contributed by atoms with Crippen molar-refractivity contribution in [1.82, 2.24) is 15.1 Å². The van der Waals surface area contributed by atoms with Crippen molar-refractivity contribution in [3.8, 4) is 0 Å². The summed E-state index contributed by atoms with van der Waals surface area (Å²) in [5.41, 5.74) is 1.40. The van der Waals surface area contributed by atoms with Crippen LogP contribution in [0.15, 0.2) is 6.20 Å². The van der Waals surface area contributed by atoms with E-state index in [2.05, 4.69) is 10.4 Å². The fourth-order valence-corrected chi connectivity index (χ4v) is 1.46. The molecule has 1 atom stereocenters. The molecule has 1 aromatic rings. The van der Waals surface area contributed by atoms with Gasteiger partial charge in [0.25, 0.3) is 5.91 Å². The molecular weight excluding hydrogens is 230 g/mol. The molecule has 16 heavy (non-hydrogen) atoms. The number of halogens is 1. The average Bonchev–Trinajstić information content (AvgIpc) is 2.57. The number of nitrogens with one attached hydrogen (secondary N) is 1. The normalized spacial score (nSPS) is 12.5. The Morgan fingerprint density at radius 3 is 2.94 bits per heavy atom. The fraction of sp³-hybridized carbons (Fsp3) is 0.600. The van der Waals surface area contributed by atoms with Gasteiger partial charge >= 0.3 is 0 Å². The van der Waals surface area contributed by atoms with Crippen LogP contribution in [0.5, 0.6) is 0 Å². The molecule has 1 amide bonds. The molecule has 1 aromatic heterocycles. The third-order valence-corrected chi connectivity index (χ3v) is 2.59. The molecule has 1 rings (SSSR count). The molecule has 1 heterocycles. The number of aromatic nitrogens is 2. The van der Waals surface area contributed by atoms with Gasteiger partial charge in [-0.05, 0) is 6.92 Å². The highest BCUT2D eigenvalue weighted by atomic mass is 35.5. The number of rotatable bonds is 5.